The quantitative estimate of drug-likeness (QED) is 0.827. The van der Waals surface area contributed by atoms with Crippen molar-refractivity contribution in [2.75, 3.05) is 45.2 Å². The van der Waals surface area contributed by atoms with Crippen LogP contribution in [0.3, 0.4) is 0 Å². The van der Waals surface area contributed by atoms with Crippen LogP contribution in [0.5, 0.6) is 0 Å². The van der Waals surface area contributed by atoms with E-state index in [1.165, 1.54) is 5.69 Å². The van der Waals surface area contributed by atoms with Crippen LogP contribution in [0.2, 0.25) is 0 Å². The van der Waals surface area contributed by atoms with Gasteiger partial charge in [-0.1, -0.05) is 0 Å². The van der Waals surface area contributed by atoms with Crippen molar-refractivity contribution in [3.63, 3.8) is 0 Å². The lowest BCUT2D eigenvalue weighted by molar-refractivity contribution is 0.101. The molecule has 4 heteroatoms. The number of likely N-dealkylation sites (N-methyl/N-ethyl adjacent to an activating group) is 2. The summed E-state index contributed by atoms with van der Waals surface area (Å²) in [5.41, 5.74) is 1.99. The summed E-state index contributed by atoms with van der Waals surface area (Å²) in [5, 5.41) is 3.26. The summed E-state index contributed by atoms with van der Waals surface area (Å²) in [6.45, 7) is 5.75. The third kappa shape index (κ3) is 3.33. The molecule has 0 aliphatic carbocycles. The van der Waals surface area contributed by atoms with E-state index in [1.54, 1.807) is 6.92 Å². The Morgan fingerprint density at radius 1 is 1.32 bits per heavy atom. The van der Waals surface area contributed by atoms with E-state index in [9.17, 15) is 4.79 Å². The number of hydrogen-bond acceptors (Lipinski definition) is 4. The number of ketones is 1. The third-order valence-electron chi connectivity index (χ3n) is 3.73. The number of nitrogens with zero attached hydrogens (tertiary/aromatic N) is 2. The highest BCUT2D eigenvalue weighted by molar-refractivity contribution is 5.94. The number of nitrogens with one attached hydrogen (secondary N) is 1. The molecule has 0 spiro atoms. The normalized spacial score (nSPS) is 20.6. The Hall–Kier alpha value is -1.39. The lowest BCUT2D eigenvalue weighted by Gasteiger charge is -2.41. The Morgan fingerprint density at radius 2 is 2.00 bits per heavy atom. The van der Waals surface area contributed by atoms with Gasteiger partial charge in [0.2, 0.25) is 0 Å². The molecular weight excluding hydrogens is 238 g/mol. The number of Topliss-reactive ketones (excluding diaryl/α,β-unsaturated/α-hetero) is 1. The molecule has 0 saturated carbocycles. The van der Waals surface area contributed by atoms with Crippen molar-refractivity contribution in [3.05, 3.63) is 29.8 Å². The summed E-state index contributed by atoms with van der Waals surface area (Å²) in [6.07, 6.45) is 0. The predicted octanol–water partition coefficient (Wildman–Crippen LogP) is 1.23. The third-order valence-corrected chi connectivity index (χ3v) is 3.73. The number of carbonyl (C=O) groups excluding carboxylic acids is 1. The summed E-state index contributed by atoms with van der Waals surface area (Å²) in [7, 11) is 4.16. The fraction of sp³-hybridized carbons (Fsp3) is 0.533. The molecule has 2 rings (SSSR count). The molecule has 1 atom stereocenters. The van der Waals surface area contributed by atoms with E-state index in [-0.39, 0.29) is 5.78 Å². The first-order valence-electron chi connectivity index (χ1n) is 6.82. The van der Waals surface area contributed by atoms with Gasteiger partial charge in [0, 0.05) is 37.4 Å². The fourth-order valence-electron chi connectivity index (χ4n) is 2.65. The maximum atomic E-state index is 11.3. The van der Waals surface area contributed by atoms with E-state index >= 15 is 0 Å². The van der Waals surface area contributed by atoms with Crippen LogP contribution in [0.15, 0.2) is 24.3 Å². The zero-order valence-corrected chi connectivity index (χ0v) is 12.0. The number of piperazine rings is 1. The highest BCUT2D eigenvalue weighted by atomic mass is 16.1. The number of rotatable bonds is 4. The fourth-order valence-corrected chi connectivity index (χ4v) is 2.65. The van der Waals surface area contributed by atoms with Gasteiger partial charge in [-0.05, 0) is 45.3 Å². The molecule has 1 aromatic carbocycles. The maximum absolute atomic E-state index is 11.3. The molecule has 1 unspecified atom stereocenters. The minimum atomic E-state index is 0.122. The first-order valence-corrected chi connectivity index (χ1v) is 6.82. The second-order valence-electron chi connectivity index (χ2n) is 5.27. The van der Waals surface area contributed by atoms with Gasteiger partial charge in [-0.2, -0.15) is 0 Å². The molecule has 0 aromatic heterocycles. The van der Waals surface area contributed by atoms with E-state index < -0.39 is 0 Å². The zero-order chi connectivity index (χ0) is 13.8. The average Bonchev–Trinajstić information content (AvgIpc) is 2.39. The maximum Gasteiger partial charge on any atom is 0.159 e. The van der Waals surface area contributed by atoms with Crippen molar-refractivity contribution >= 4 is 11.5 Å². The summed E-state index contributed by atoms with van der Waals surface area (Å²) >= 11 is 0. The molecule has 1 saturated heterocycles. The highest BCUT2D eigenvalue weighted by Gasteiger charge is 2.24. The highest BCUT2D eigenvalue weighted by Crippen LogP contribution is 2.20. The molecule has 0 amide bonds. The Morgan fingerprint density at radius 3 is 2.58 bits per heavy atom. The van der Waals surface area contributed by atoms with Gasteiger partial charge < -0.3 is 15.1 Å². The minimum Gasteiger partial charge on any atom is -0.365 e. The molecular formula is C15H23N3O. The first-order chi connectivity index (χ1) is 9.11. The number of benzene rings is 1. The molecule has 1 aliphatic rings. The Labute approximate surface area is 115 Å². The van der Waals surface area contributed by atoms with Crippen LogP contribution >= 0.6 is 0 Å². The van der Waals surface area contributed by atoms with Gasteiger partial charge in [0.05, 0.1) is 6.04 Å². The van der Waals surface area contributed by atoms with Crippen LogP contribution in [-0.4, -0.2) is 57.0 Å². The lowest BCUT2D eigenvalue weighted by atomic mass is 10.1. The predicted molar refractivity (Wildman–Crippen MR) is 79.0 cm³/mol. The van der Waals surface area contributed by atoms with Crippen molar-refractivity contribution < 1.29 is 4.79 Å². The van der Waals surface area contributed by atoms with Gasteiger partial charge in [-0.3, -0.25) is 4.79 Å². The van der Waals surface area contributed by atoms with Crippen molar-refractivity contribution in [1.82, 2.24) is 10.2 Å². The number of carbonyl (C=O) groups is 1. The van der Waals surface area contributed by atoms with Gasteiger partial charge in [-0.15, -0.1) is 0 Å². The molecule has 1 aromatic rings. The molecule has 1 heterocycles. The van der Waals surface area contributed by atoms with Crippen LogP contribution in [0.4, 0.5) is 5.69 Å². The van der Waals surface area contributed by atoms with Crippen LogP contribution in [0.25, 0.3) is 0 Å². The summed E-state index contributed by atoms with van der Waals surface area (Å²) in [6, 6.07) is 8.45. The van der Waals surface area contributed by atoms with Crippen LogP contribution in [0.1, 0.15) is 17.3 Å². The Bertz CT molecular complexity index is 430. The molecule has 0 radical (unpaired) electrons. The Kier molecular flexibility index (Phi) is 4.56. The number of hydrogen-bond donors (Lipinski definition) is 1. The summed E-state index contributed by atoms with van der Waals surface area (Å²) in [4.78, 5) is 16.1. The monoisotopic (exact) mass is 261 g/mol. The van der Waals surface area contributed by atoms with Gasteiger partial charge in [-0.25, -0.2) is 0 Å². The second kappa shape index (κ2) is 6.17. The summed E-state index contributed by atoms with van der Waals surface area (Å²) in [5.74, 6) is 0.122. The zero-order valence-electron chi connectivity index (χ0n) is 12.0. The van der Waals surface area contributed by atoms with Gasteiger partial charge in [0.25, 0.3) is 0 Å². The van der Waals surface area contributed by atoms with Crippen molar-refractivity contribution in [3.8, 4) is 0 Å². The van der Waals surface area contributed by atoms with E-state index in [2.05, 4.69) is 34.3 Å². The largest absolute Gasteiger partial charge is 0.365 e. The van der Waals surface area contributed by atoms with Crippen LogP contribution in [0, 0.1) is 0 Å². The lowest BCUT2D eigenvalue weighted by Crippen LogP contribution is -2.55. The van der Waals surface area contributed by atoms with Gasteiger partial charge in [0.1, 0.15) is 0 Å². The van der Waals surface area contributed by atoms with Crippen LogP contribution < -0.4 is 10.2 Å². The van der Waals surface area contributed by atoms with Crippen molar-refractivity contribution in [2.45, 2.75) is 13.0 Å². The number of anilines is 1. The van der Waals surface area contributed by atoms with Crippen molar-refractivity contribution in [2.24, 2.45) is 0 Å². The molecule has 104 valence electrons. The van der Waals surface area contributed by atoms with Gasteiger partial charge >= 0.3 is 0 Å². The standard InChI is InChI=1S/C15H23N3O/c1-12(19)13-4-6-14(7-5-13)18-9-8-17(3)11-15(18)10-16-2/h4-7,15-16H,8-11H2,1-3H3. The smallest absolute Gasteiger partial charge is 0.159 e. The SMILES string of the molecule is CNCC1CN(C)CCN1c1ccc(C(C)=O)cc1. The van der Waals surface area contributed by atoms with E-state index in [1.807, 2.05) is 19.2 Å². The first kappa shape index (κ1) is 14.0. The van der Waals surface area contributed by atoms with Gasteiger partial charge in [0.15, 0.2) is 5.78 Å². The van der Waals surface area contributed by atoms with Crippen LogP contribution in [-0.2, 0) is 0 Å². The van der Waals surface area contributed by atoms with Crippen molar-refractivity contribution in [1.29, 1.82) is 0 Å². The van der Waals surface area contributed by atoms with E-state index in [4.69, 9.17) is 0 Å². The average molecular weight is 261 g/mol. The molecule has 1 fully saturated rings. The minimum absolute atomic E-state index is 0.122. The molecule has 0 bridgehead atoms. The molecule has 1 N–H and O–H groups in total. The molecule has 19 heavy (non-hydrogen) atoms. The van der Waals surface area contributed by atoms with E-state index in [0.717, 1.165) is 31.7 Å². The second-order valence-corrected chi connectivity index (χ2v) is 5.27. The Balaban J connectivity index is 2.16. The topological polar surface area (TPSA) is 35.6 Å². The summed E-state index contributed by atoms with van der Waals surface area (Å²) < 4.78 is 0. The molecule has 4 nitrogen and oxygen atoms in total. The van der Waals surface area contributed by atoms with E-state index in [0.29, 0.717) is 6.04 Å². The molecule has 1 aliphatic heterocycles.